The van der Waals surface area contributed by atoms with E-state index in [9.17, 15) is 22.8 Å². The van der Waals surface area contributed by atoms with Crippen molar-refractivity contribution in [1.82, 2.24) is 9.80 Å². The van der Waals surface area contributed by atoms with E-state index in [1.807, 2.05) is 20.8 Å². The number of hydrogen-bond donors (Lipinski definition) is 0. The molecular formula is C30H43F3N2O5. The maximum atomic E-state index is 13.9. The van der Waals surface area contributed by atoms with Gasteiger partial charge in [0.1, 0.15) is 11.4 Å². The van der Waals surface area contributed by atoms with E-state index in [4.69, 9.17) is 14.2 Å². The minimum absolute atomic E-state index is 0.140. The Morgan fingerprint density at radius 3 is 2.25 bits per heavy atom. The zero-order valence-corrected chi connectivity index (χ0v) is 24.1. The molecule has 2 aliphatic heterocycles. The highest BCUT2D eigenvalue weighted by atomic mass is 19.4. The molecule has 224 valence electrons. The summed E-state index contributed by atoms with van der Waals surface area (Å²) in [5, 5.41) is 0. The molecule has 10 heteroatoms. The van der Waals surface area contributed by atoms with Crippen LogP contribution in [0.3, 0.4) is 0 Å². The second-order valence-electron chi connectivity index (χ2n) is 12.4. The lowest BCUT2D eigenvalue weighted by molar-refractivity contribution is -0.149. The number of ether oxygens (including phenoxy) is 3. The Balaban J connectivity index is 1.43. The highest BCUT2D eigenvalue weighted by Crippen LogP contribution is 2.41. The monoisotopic (exact) mass is 568 g/mol. The van der Waals surface area contributed by atoms with Crippen LogP contribution in [0.15, 0.2) is 18.2 Å². The number of likely N-dealkylation sites (tertiary alicyclic amines) is 2. The number of halogens is 3. The van der Waals surface area contributed by atoms with Crippen molar-refractivity contribution in [2.24, 2.45) is 5.92 Å². The number of alkyl halides is 3. The zero-order chi connectivity index (χ0) is 29.1. The van der Waals surface area contributed by atoms with Gasteiger partial charge in [0, 0.05) is 25.2 Å². The first-order valence-corrected chi connectivity index (χ1v) is 14.6. The van der Waals surface area contributed by atoms with Crippen molar-refractivity contribution < 1.29 is 37.0 Å². The van der Waals surface area contributed by atoms with Gasteiger partial charge in [0.05, 0.1) is 24.2 Å². The first kappa shape index (κ1) is 30.5. The van der Waals surface area contributed by atoms with E-state index in [2.05, 4.69) is 4.90 Å². The van der Waals surface area contributed by atoms with E-state index >= 15 is 0 Å². The molecule has 0 bridgehead atoms. The summed E-state index contributed by atoms with van der Waals surface area (Å²) in [6.45, 7) is 9.97. The van der Waals surface area contributed by atoms with Gasteiger partial charge in [-0.15, -0.1) is 0 Å². The average molecular weight is 569 g/mol. The maximum absolute atomic E-state index is 13.9. The van der Waals surface area contributed by atoms with E-state index in [1.54, 1.807) is 17.9 Å². The third-order valence-corrected chi connectivity index (χ3v) is 8.35. The van der Waals surface area contributed by atoms with Gasteiger partial charge in [-0.1, -0.05) is 0 Å². The van der Waals surface area contributed by atoms with E-state index in [0.717, 1.165) is 38.3 Å². The van der Waals surface area contributed by atoms with Gasteiger partial charge in [-0.2, -0.15) is 13.2 Å². The molecule has 0 N–H and O–H groups in total. The Kier molecular flexibility index (Phi) is 9.27. The molecule has 7 nitrogen and oxygen atoms in total. The number of rotatable bonds is 6. The lowest BCUT2D eigenvalue weighted by Gasteiger charge is -2.45. The number of benzene rings is 1. The quantitative estimate of drug-likeness (QED) is 0.362. The fourth-order valence-corrected chi connectivity index (χ4v) is 6.31. The van der Waals surface area contributed by atoms with Crippen molar-refractivity contribution in [3.8, 4) is 5.75 Å². The largest absolute Gasteiger partial charge is 0.490 e. The predicted octanol–water partition coefficient (Wildman–Crippen LogP) is 6.57. The summed E-state index contributed by atoms with van der Waals surface area (Å²) in [7, 11) is 0. The Bertz CT molecular complexity index is 1040. The van der Waals surface area contributed by atoms with E-state index in [1.165, 1.54) is 6.07 Å². The predicted molar refractivity (Wildman–Crippen MR) is 144 cm³/mol. The summed E-state index contributed by atoms with van der Waals surface area (Å²) in [4.78, 5) is 28.6. The van der Waals surface area contributed by atoms with Gasteiger partial charge in [-0.25, -0.2) is 4.79 Å². The summed E-state index contributed by atoms with van der Waals surface area (Å²) in [5.74, 6) is -0.166. The number of esters is 1. The highest BCUT2D eigenvalue weighted by Gasteiger charge is 2.44. The van der Waals surface area contributed by atoms with Gasteiger partial charge in [0.2, 0.25) is 0 Å². The van der Waals surface area contributed by atoms with Crippen LogP contribution in [0.1, 0.15) is 90.2 Å². The fraction of sp³-hybridized carbons (Fsp3) is 0.733. The van der Waals surface area contributed by atoms with Crippen LogP contribution in [-0.4, -0.2) is 65.3 Å². The second-order valence-corrected chi connectivity index (χ2v) is 12.4. The van der Waals surface area contributed by atoms with Crippen molar-refractivity contribution >= 4 is 12.1 Å². The van der Waals surface area contributed by atoms with Crippen LogP contribution in [0.4, 0.5) is 18.0 Å². The van der Waals surface area contributed by atoms with E-state index < -0.39 is 17.3 Å². The van der Waals surface area contributed by atoms with E-state index in [0.29, 0.717) is 57.5 Å². The Morgan fingerprint density at radius 2 is 1.65 bits per heavy atom. The number of hydrogen-bond acceptors (Lipinski definition) is 6. The van der Waals surface area contributed by atoms with Gasteiger partial charge >= 0.3 is 18.2 Å². The molecule has 1 spiro atoms. The Labute approximate surface area is 235 Å². The molecule has 3 aliphatic rings. The van der Waals surface area contributed by atoms with Crippen molar-refractivity contribution in [1.29, 1.82) is 0 Å². The Hall–Kier alpha value is -2.49. The molecule has 0 atom stereocenters. The van der Waals surface area contributed by atoms with Crippen molar-refractivity contribution in [2.45, 2.75) is 109 Å². The number of nitrogens with zero attached hydrogens (tertiary/aromatic N) is 2. The van der Waals surface area contributed by atoms with Crippen LogP contribution >= 0.6 is 0 Å². The molecular weight excluding hydrogens is 525 g/mol. The molecule has 40 heavy (non-hydrogen) atoms. The second kappa shape index (κ2) is 12.2. The minimum Gasteiger partial charge on any atom is -0.490 e. The van der Waals surface area contributed by atoms with Crippen LogP contribution in [0.5, 0.6) is 5.75 Å². The van der Waals surface area contributed by atoms with Gasteiger partial charge in [-0.3, -0.25) is 9.69 Å². The molecule has 0 unspecified atom stereocenters. The van der Waals surface area contributed by atoms with Crippen molar-refractivity contribution in [3.63, 3.8) is 0 Å². The van der Waals surface area contributed by atoms with Crippen LogP contribution < -0.4 is 4.74 Å². The number of piperidine rings is 1. The molecule has 1 saturated carbocycles. The van der Waals surface area contributed by atoms with Gasteiger partial charge in [0.25, 0.3) is 0 Å². The van der Waals surface area contributed by atoms with Crippen LogP contribution in [0.25, 0.3) is 0 Å². The lowest BCUT2D eigenvalue weighted by Crippen LogP contribution is -2.53. The summed E-state index contributed by atoms with van der Waals surface area (Å²) in [5.41, 5.74) is -0.844. The average Bonchev–Trinajstić information content (AvgIpc) is 3.24. The van der Waals surface area contributed by atoms with Crippen LogP contribution in [-0.2, 0) is 27.0 Å². The third kappa shape index (κ3) is 7.62. The summed E-state index contributed by atoms with van der Waals surface area (Å²) in [6.07, 6.45) is 0.808. The molecule has 2 saturated heterocycles. The molecule has 2 heterocycles. The van der Waals surface area contributed by atoms with Gasteiger partial charge in [0.15, 0.2) is 0 Å². The summed E-state index contributed by atoms with van der Waals surface area (Å²) in [6, 6.07) is 4.04. The summed E-state index contributed by atoms with van der Waals surface area (Å²) >= 11 is 0. The first-order chi connectivity index (χ1) is 18.8. The maximum Gasteiger partial charge on any atom is 0.416 e. The molecule has 1 aliphatic carbocycles. The smallest absolute Gasteiger partial charge is 0.416 e. The third-order valence-electron chi connectivity index (χ3n) is 8.35. The number of carbonyl (C=O) groups excluding carboxylic acids is 2. The zero-order valence-electron chi connectivity index (χ0n) is 24.1. The molecule has 1 amide bonds. The van der Waals surface area contributed by atoms with Gasteiger partial charge in [-0.05, 0) is 109 Å². The van der Waals surface area contributed by atoms with Crippen molar-refractivity contribution in [2.75, 3.05) is 26.2 Å². The molecule has 1 aromatic rings. The SMILES string of the molecule is CCOC(=O)C1CCC(Oc2cc(CN3CCCC34CCN(C(=O)OC(C)(C)C)CC4)cc(C(F)(F)F)c2)CC1. The van der Waals surface area contributed by atoms with Crippen molar-refractivity contribution in [3.05, 3.63) is 29.3 Å². The topological polar surface area (TPSA) is 68.3 Å². The molecule has 1 aromatic carbocycles. The standard InChI is InChI=1S/C30H43F3N2O5/c1-5-38-26(36)22-7-9-24(10-8-22)39-25-18-21(17-23(19-25)30(31,32)33)20-35-14-6-11-29(35)12-15-34(16-13-29)27(37)40-28(2,3)4/h17-19,22,24H,5-16,20H2,1-4H3. The molecule has 0 radical (unpaired) electrons. The number of carbonyl (C=O) groups is 2. The van der Waals surface area contributed by atoms with Crippen LogP contribution in [0.2, 0.25) is 0 Å². The normalized spacial score (nSPS) is 23.7. The first-order valence-electron chi connectivity index (χ1n) is 14.6. The molecule has 4 rings (SSSR count). The van der Waals surface area contributed by atoms with Crippen LogP contribution in [0, 0.1) is 5.92 Å². The molecule has 0 aromatic heterocycles. The van der Waals surface area contributed by atoms with Gasteiger partial charge < -0.3 is 19.1 Å². The lowest BCUT2D eigenvalue weighted by atomic mass is 9.84. The number of amides is 1. The summed E-state index contributed by atoms with van der Waals surface area (Å²) < 4.78 is 58.3. The highest BCUT2D eigenvalue weighted by molar-refractivity contribution is 5.72. The molecule has 3 fully saturated rings. The van der Waals surface area contributed by atoms with E-state index in [-0.39, 0.29) is 35.4 Å². The minimum atomic E-state index is -4.49. The Morgan fingerprint density at radius 1 is 0.975 bits per heavy atom. The fourth-order valence-electron chi connectivity index (χ4n) is 6.31.